The van der Waals surface area contributed by atoms with Gasteiger partial charge in [-0.05, 0) is 31.2 Å². The summed E-state index contributed by atoms with van der Waals surface area (Å²) in [6, 6.07) is 8.73. The van der Waals surface area contributed by atoms with Crippen LogP contribution in [0.4, 0.5) is 0 Å². The molecule has 0 bridgehead atoms. The summed E-state index contributed by atoms with van der Waals surface area (Å²) < 4.78 is 1.56. The highest BCUT2D eigenvalue weighted by Crippen LogP contribution is 2.15. The second-order valence-electron chi connectivity index (χ2n) is 4.65. The molecule has 0 unspecified atom stereocenters. The van der Waals surface area contributed by atoms with Crippen LogP contribution in [0.2, 0.25) is 5.02 Å². The van der Waals surface area contributed by atoms with Gasteiger partial charge in [0.25, 0.3) is 5.91 Å². The van der Waals surface area contributed by atoms with Crippen LogP contribution in [0.1, 0.15) is 23.8 Å². The summed E-state index contributed by atoms with van der Waals surface area (Å²) in [6.07, 6.45) is 1.58. The van der Waals surface area contributed by atoms with Gasteiger partial charge in [-0.3, -0.25) is 9.59 Å². The minimum absolute atomic E-state index is 0.0887. The third-order valence-corrected chi connectivity index (χ3v) is 3.38. The van der Waals surface area contributed by atoms with Crippen molar-refractivity contribution in [3.8, 4) is 5.69 Å². The predicted molar refractivity (Wildman–Crippen MR) is 82.4 cm³/mol. The number of amides is 1. The van der Waals surface area contributed by atoms with E-state index in [1.807, 2.05) is 6.07 Å². The molecule has 0 fully saturated rings. The molecule has 0 radical (unpaired) electrons. The van der Waals surface area contributed by atoms with Crippen molar-refractivity contribution in [2.24, 2.45) is 0 Å². The fourth-order valence-corrected chi connectivity index (χ4v) is 2.18. The van der Waals surface area contributed by atoms with E-state index in [2.05, 4.69) is 5.10 Å². The lowest BCUT2D eigenvalue weighted by atomic mass is 10.3. The summed E-state index contributed by atoms with van der Waals surface area (Å²) in [5, 5.41) is 13.5. The largest absolute Gasteiger partial charge is 0.481 e. The molecule has 2 aromatic rings. The monoisotopic (exact) mass is 321 g/mol. The molecule has 0 spiro atoms. The average Bonchev–Trinajstić information content (AvgIpc) is 2.97. The summed E-state index contributed by atoms with van der Waals surface area (Å²) in [5.41, 5.74) is 1.02. The number of carbonyl (C=O) groups is 2. The van der Waals surface area contributed by atoms with Crippen LogP contribution in [0.5, 0.6) is 0 Å². The molecule has 0 aliphatic rings. The van der Waals surface area contributed by atoms with Gasteiger partial charge in [-0.2, -0.15) is 5.10 Å². The highest BCUT2D eigenvalue weighted by molar-refractivity contribution is 6.30. The zero-order valence-corrected chi connectivity index (χ0v) is 12.8. The Balaban J connectivity index is 2.16. The Labute approximate surface area is 132 Å². The Bertz CT molecular complexity index is 684. The molecule has 0 aliphatic heterocycles. The molecule has 0 saturated heterocycles. The Hall–Kier alpha value is -2.34. The molecule has 1 amide bonds. The molecule has 2 rings (SSSR count). The Kier molecular flexibility index (Phi) is 5.16. The van der Waals surface area contributed by atoms with Crippen molar-refractivity contribution in [3.63, 3.8) is 0 Å². The van der Waals surface area contributed by atoms with Gasteiger partial charge in [0, 0.05) is 24.3 Å². The minimum Gasteiger partial charge on any atom is -0.481 e. The molecule has 1 aromatic heterocycles. The summed E-state index contributed by atoms with van der Waals surface area (Å²) in [6.45, 7) is 2.39. The van der Waals surface area contributed by atoms with E-state index in [1.165, 1.54) is 4.90 Å². The number of carbonyl (C=O) groups excluding carboxylic acids is 1. The Morgan fingerprint density at radius 3 is 2.77 bits per heavy atom. The fraction of sp³-hybridized carbons (Fsp3) is 0.267. The van der Waals surface area contributed by atoms with Gasteiger partial charge in [0.15, 0.2) is 5.69 Å². The molecule has 6 nitrogen and oxygen atoms in total. The third-order valence-electron chi connectivity index (χ3n) is 3.15. The van der Waals surface area contributed by atoms with Crippen molar-refractivity contribution in [1.82, 2.24) is 14.7 Å². The quantitative estimate of drug-likeness (QED) is 0.886. The average molecular weight is 322 g/mol. The number of carboxylic acid groups (broad SMARTS) is 1. The maximum Gasteiger partial charge on any atom is 0.305 e. The summed E-state index contributed by atoms with van der Waals surface area (Å²) in [4.78, 5) is 24.4. The van der Waals surface area contributed by atoms with Crippen LogP contribution in [-0.4, -0.2) is 44.8 Å². The van der Waals surface area contributed by atoms with Crippen molar-refractivity contribution in [1.29, 1.82) is 0 Å². The molecule has 0 atom stereocenters. The van der Waals surface area contributed by atoms with Crippen LogP contribution in [-0.2, 0) is 4.79 Å². The number of hydrogen-bond acceptors (Lipinski definition) is 3. The van der Waals surface area contributed by atoms with E-state index in [4.69, 9.17) is 16.7 Å². The number of rotatable bonds is 6. The number of carboxylic acids is 1. The van der Waals surface area contributed by atoms with Crippen LogP contribution in [0, 0.1) is 0 Å². The van der Waals surface area contributed by atoms with E-state index in [0.717, 1.165) is 5.69 Å². The number of nitrogens with zero attached hydrogens (tertiary/aromatic N) is 3. The highest BCUT2D eigenvalue weighted by Gasteiger charge is 2.18. The Morgan fingerprint density at radius 1 is 1.36 bits per heavy atom. The normalized spacial score (nSPS) is 10.5. The van der Waals surface area contributed by atoms with E-state index >= 15 is 0 Å². The second-order valence-corrected chi connectivity index (χ2v) is 5.09. The number of aliphatic carboxylic acids is 1. The van der Waals surface area contributed by atoms with Crippen LogP contribution >= 0.6 is 11.6 Å². The first kappa shape index (κ1) is 16.0. The van der Waals surface area contributed by atoms with E-state index in [-0.39, 0.29) is 24.6 Å². The highest BCUT2D eigenvalue weighted by atomic mass is 35.5. The molecule has 1 aromatic carbocycles. The topological polar surface area (TPSA) is 75.4 Å². The third kappa shape index (κ3) is 3.85. The smallest absolute Gasteiger partial charge is 0.305 e. The van der Waals surface area contributed by atoms with Crippen LogP contribution in [0.15, 0.2) is 36.5 Å². The molecule has 22 heavy (non-hydrogen) atoms. The van der Waals surface area contributed by atoms with E-state index in [1.54, 1.807) is 42.1 Å². The number of aromatic nitrogens is 2. The lowest BCUT2D eigenvalue weighted by molar-refractivity contribution is -0.137. The summed E-state index contributed by atoms with van der Waals surface area (Å²) in [5.74, 6) is -1.22. The fourth-order valence-electron chi connectivity index (χ4n) is 2.00. The lowest BCUT2D eigenvalue weighted by Crippen LogP contribution is -2.33. The first-order chi connectivity index (χ1) is 10.5. The summed E-state index contributed by atoms with van der Waals surface area (Å²) in [7, 11) is 0. The van der Waals surface area contributed by atoms with Gasteiger partial charge in [-0.1, -0.05) is 17.7 Å². The molecule has 1 N–H and O–H groups in total. The lowest BCUT2D eigenvalue weighted by Gasteiger charge is -2.18. The van der Waals surface area contributed by atoms with Crippen LogP contribution in [0.3, 0.4) is 0 Å². The van der Waals surface area contributed by atoms with Crippen molar-refractivity contribution in [3.05, 3.63) is 47.2 Å². The number of halogens is 1. The molecule has 7 heteroatoms. The molecule has 1 heterocycles. The first-order valence-corrected chi connectivity index (χ1v) is 7.21. The van der Waals surface area contributed by atoms with Crippen LogP contribution in [0.25, 0.3) is 5.69 Å². The van der Waals surface area contributed by atoms with Gasteiger partial charge < -0.3 is 10.0 Å². The summed E-state index contributed by atoms with van der Waals surface area (Å²) >= 11 is 5.94. The van der Waals surface area contributed by atoms with Crippen molar-refractivity contribution in [2.45, 2.75) is 13.3 Å². The van der Waals surface area contributed by atoms with E-state index in [9.17, 15) is 9.59 Å². The maximum absolute atomic E-state index is 12.3. The number of hydrogen-bond donors (Lipinski definition) is 1. The Morgan fingerprint density at radius 2 is 2.14 bits per heavy atom. The maximum atomic E-state index is 12.3. The van der Waals surface area contributed by atoms with Crippen molar-refractivity contribution in [2.75, 3.05) is 13.1 Å². The SMILES string of the molecule is CCN(CCC(=O)O)C(=O)c1ccn(-c2cccc(Cl)c2)n1. The van der Waals surface area contributed by atoms with Gasteiger partial charge in [0.05, 0.1) is 12.1 Å². The van der Waals surface area contributed by atoms with Crippen molar-refractivity contribution >= 4 is 23.5 Å². The second kappa shape index (κ2) is 7.09. The first-order valence-electron chi connectivity index (χ1n) is 6.84. The van der Waals surface area contributed by atoms with Crippen LogP contribution < -0.4 is 0 Å². The zero-order chi connectivity index (χ0) is 16.1. The number of benzene rings is 1. The van der Waals surface area contributed by atoms with Gasteiger partial charge >= 0.3 is 5.97 Å². The van der Waals surface area contributed by atoms with Gasteiger partial charge in [-0.15, -0.1) is 0 Å². The van der Waals surface area contributed by atoms with Gasteiger partial charge in [0.2, 0.25) is 0 Å². The van der Waals surface area contributed by atoms with E-state index < -0.39 is 5.97 Å². The van der Waals surface area contributed by atoms with E-state index in [0.29, 0.717) is 11.6 Å². The molecular formula is C15H16ClN3O3. The molecule has 116 valence electrons. The molecule has 0 saturated carbocycles. The molecular weight excluding hydrogens is 306 g/mol. The standard InChI is InChI=1S/C15H16ClN3O3/c1-2-18(8-7-14(20)21)15(22)13-6-9-19(17-13)12-5-3-4-11(16)10-12/h3-6,9-10H,2,7-8H2,1H3,(H,20,21). The van der Waals surface area contributed by atoms with Gasteiger partial charge in [0.1, 0.15) is 0 Å². The van der Waals surface area contributed by atoms with Gasteiger partial charge in [-0.25, -0.2) is 4.68 Å². The van der Waals surface area contributed by atoms with Crippen molar-refractivity contribution < 1.29 is 14.7 Å². The molecule has 0 aliphatic carbocycles. The zero-order valence-electron chi connectivity index (χ0n) is 12.1. The predicted octanol–water partition coefficient (Wildman–Crippen LogP) is 2.46. The minimum atomic E-state index is -0.935.